The lowest BCUT2D eigenvalue weighted by molar-refractivity contribution is 0.0772. The smallest absolute Gasteiger partial charge is 0.255 e. The van der Waals surface area contributed by atoms with Gasteiger partial charge in [0.25, 0.3) is 5.91 Å². The topological polar surface area (TPSA) is 57.0 Å². The van der Waals surface area contributed by atoms with Crippen LogP contribution >= 0.6 is 0 Å². The molecule has 1 heterocycles. The zero-order valence-corrected chi connectivity index (χ0v) is 8.90. The number of rotatable bonds is 3. The standard InChI is InChI=1S/C11H13N3O/c1-3-14(4-2)11(15)9-5-6-10(7-12)13-8-9/h5-6,8H,3-4H2,1-2H3. The van der Waals surface area contributed by atoms with Crippen LogP contribution in [0.3, 0.4) is 0 Å². The molecule has 0 spiro atoms. The summed E-state index contributed by atoms with van der Waals surface area (Å²) < 4.78 is 0. The van der Waals surface area contributed by atoms with Gasteiger partial charge in [0, 0.05) is 19.3 Å². The maximum absolute atomic E-state index is 11.8. The number of carbonyl (C=O) groups is 1. The van der Waals surface area contributed by atoms with Gasteiger partial charge in [-0.2, -0.15) is 5.26 Å². The summed E-state index contributed by atoms with van der Waals surface area (Å²) >= 11 is 0. The van der Waals surface area contributed by atoms with Crippen molar-refractivity contribution in [2.75, 3.05) is 13.1 Å². The molecule has 15 heavy (non-hydrogen) atoms. The summed E-state index contributed by atoms with van der Waals surface area (Å²) in [5.41, 5.74) is 0.851. The first-order valence-corrected chi connectivity index (χ1v) is 4.88. The third kappa shape index (κ3) is 2.53. The molecule has 0 aliphatic rings. The minimum atomic E-state index is -0.0445. The van der Waals surface area contributed by atoms with Gasteiger partial charge in [-0.3, -0.25) is 4.79 Å². The zero-order chi connectivity index (χ0) is 11.3. The number of hydrogen-bond acceptors (Lipinski definition) is 3. The highest BCUT2D eigenvalue weighted by Crippen LogP contribution is 2.04. The number of pyridine rings is 1. The molecule has 0 fully saturated rings. The van der Waals surface area contributed by atoms with Crippen molar-refractivity contribution in [3.63, 3.8) is 0 Å². The van der Waals surface area contributed by atoms with Crippen LogP contribution in [-0.4, -0.2) is 28.9 Å². The summed E-state index contributed by atoms with van der Waals surface area (Å²) in [4.78, 5) is 17.4. The molecule has 4 heteroatoms. The first-order chi connectivity index (χ1) is 7.22. The van der Waals surface area contributed by atoms with Crippen LogP contribution < -0.4 is 0 Å². The van der Waals surface area contributed by atoms with Gasteiger partial charge in [0.15, 0.2) is 0 Å². The lowest BCUT2D eigenvalue weighted by Gasteiger charge is -2.18. The molecular formula is C11H13N3O. The lowest BCUT2D eigenvalue weighted by Crippen LogP contribution is -2.30. The van der Waals surface area contributed by atoms with Crippen LogP contribution in [0.1, 0.15) is 29.9 Å². The molecule has 0 radical (unpaired) electrons. The minimum Gasteiger partial charge on any atom is -0.339 e. The Morgan fingerprint density at radius 1 is 1.47 bits per heavy atom. The van der Waals surface area contributed by atoms with Crippen LogP contribution in [0, 0.1) is 11.3 Å². The highest BCUT2D eigenvalue weighted by Gasteiger charge is 2.12. The van der Waals surface area contributed by atoms with E-state index in [4.69, 9.17) is 5.26 Å². The quantitative estimate of drug-likeness (QED) is 0.746. The van der Waals surface area contributed by atoms with Gasteiger partial charge in [-0.05, 0) is 26.0 Å². The summed E-state index contributed by atoms with van der Waals surface area (Å²) in [6.07, 6.45) is 1.44. The Kier molecular flexibility index (Phi) is 3.81. The van der Waals surface area contributed by atoms with Gasteiger partial charge in [0.2, 0.25) is 0 Å². The van der Waals surface area contributed by atoms with Gasteiger partial charge in [-0.25, -0.2) is 4.98 Å². The molecule has 0 saturated heterocycles. The van der Waals surface area contributed by atoms with Crippen molar-refractivity contribution >= 4 is 5.91 Å². The van der Waals surface area contributed by atoms with E-state index >= 15 is 0 Å². The summed E-state index contributed by atoms with van der Waals surface area (Å²) in [5, 5.41) is 8.56. The first kappa shape index (κ1) is 11.2. The highest BCUT2D eigenvalue weighted by atomic mass is 16.2. The van der Waals surface area contributed by atoms with E-state index in [0.29, 0.717) is 24.3 Å². The number of aromatic nitrogens is 1. The lowest BCUT2D eigenvalue weighted by atomic mass is 10.2. The molecule has 0 saturated carbocycles. The van der Waals surface area contributed by atoms with E-state index in [-0.39, 0.29) is 5.91 Å². The van der Waals surface area contributed by atoms with Crippen molar-refractivity contribution in [3.8, 4) is 6.07 Å². The fourth-order valence-electron chi connectivity index (χ4n) is 1.28. The second-order valence-corrected chi connectivity index (χ2v) is 3.02. The molecule has 1 rings (SSSR count). The Bertz CT molecular complexity index is 374. The molecule has 0 aromatic carbocycles. The second-order valence-electron chi connectivity index (χ2n) is 3.02. The second kappa shape index (κ2) is 5.11. The largest absolute Gasteiger partial charge is 0.339 e. The number of hydrogen-bond donors (Lipinski definition) is 0. The van der Waals surface area contributed by atoms with Gasteiger partial charge < -0.3 is 4.90 Å². The van der Waals surface area contributed by atoms with Crippen LogP contribution in [0.5, 0.6) is 0 Å². The third-order valence-electron chi connectivity index (χ3n) is 2.18. The Balaban J connectivity index is 2.88. The molecular weight excluding hydrogens is 190 g/mol. The summed E-state index contributed by atoms with van der Waals surface area (Å²) in [5.74, 6) is -0.0445. The average molecular weight is 203 g/mol. The maximum Gasteiger partial charge on any atom is 0.255 e. The summed E-state index contributed by atoms with van der Waals surface area (Å²) in [6.45, 7) is 5.21. The van der Waals surface area contributed by atoms with Crippen molar-refractivity contribution in [2.45, 2.75) is 13.8 Å². The number of nitrogens with zero attached hydrogens (tertiary/aromatic N) is 3. The SMILES string of the molecule is CCN(CC)C(=O)c1ccc(C#N)nc1. The van der Waals surface area contributed by atoms with Crippen LogP contribution in [0.2, 0.25) is 0 Å². The predicted molar refractivity (Wildman–Crippen MR) is 56.2 cm³/mol. The molecule has 0 atom stereocenters. The Labute approximate surface area is 89.2 Å². The third-order valence-corrected chi connectivity index (χ3v) is 2.18. The van der Waals surface area contributed by atoms with Crippen molar-refractivity contribution in [1.82, 2.24) is 9.88 Å². The van der Waals surface area contributed by atoms with Gasteiger partial charge in [-0.1, -0.05) is 0 Å². The molecule has 0 unspecified atom stereocenters. The Morgan fingerprint density at radius 3 is 2.53 bits per heavy atom. The predicted octanol–water partition coefficient (Wildman–Crippen LogP) is 1.44. The van der Waals surface area contributed by atoms with Gasteiger partial charge in [-0.15, -0.1) is 0 Å². The van der Waals surface area contributed by atoms with Gasteiger partial charge in [0.05, 0.1) is 5.56 Å². The molecule has 0 aliphatic heterocycles. The molecule has 1 aromatic heterocycles. The fourth-order valence-corrected chi connectivity index (χ4v) is 1.28. The van der Waals surface area contributed by atoms with E-state index in [1.165, 1.54) is 6.20 Å². The van der Waals surface area contributed by atoms with Crippen molar-refractivity contribution in [1.29, 1.82) is 5.26 Å². The van der Waals surface area contributed by atoms with Crippen molar-refractivity contribution in [3.05, 3.63) is 29.6 Å². The van der Waals surface area contributed by atoms with E-state index in [9.17, 15) is 4.79 Å². The van der Waals surface area contributed by atoms with Crippen molar-refractivity contribution < 1.29 is 4.79 Å². The zero-order valence-electron chi connectivity index (χ0n) is 8.90. The minimum absolute atomic E-state index is 0.0445. The van der Waals surface area contributed by atoms with Crippen molar-refractivity contribution in [2.24, 2.45) is 0 Å². The molecule has 4 nitrogen and oxygen atoms in total. The number of carbonyl (C=O) groups excluding carboxylic acids is 1. The monoisotopic (exact) mass is 203 g/mol. The van der Waals surface area contributed by atoms with E-state index in [0.717, 1.165) is 0 Å². The fraction of sp³-hybridized carbons (Fsp3) is 0.364. The van der Waals surface area contributed by atoms with Crippen LogP contribution in [-0.2, 0) is 0 Å². The van der Waals surface area contributed by atoms with Crippen LogP contribution in [0.4, 0.5) is 0 Å². The number of amides is 1. The highest BCUT2D eigenvalue weighted by molar-refractivity contribution is 5.93. The maximum atomic E-state index is 11.8. The summed E-state index contributed by atoms with van der Waals surface area (Å²) in [7, 11) is 0. The Morgan fingerprint density at radius 2 is 2.13 bits per heavy atom. The van der Waals surface area contributed by atoms with Crippen LogP contribution in [0.15, 0.2) is 18.3 Å². The molecule has 0 aliphatic carbocycles. The first-order valence-electron chi connectivity index (χ1n) is 4.88. The van der Waals surface area contributed by atoms with Crippen LogP contribution in [0.25, 0.3) is 0 Å². The average Bonchev–Trinajstić information content (AvgIpc) is 2.30. The summed E-state index contributed by atoms with van der Waals surface area (Å²) in [6, 6.07) is 5.10. The molecule has 1 aromatic rings. The molecule has 78 valence electrons. The number of nitriles is 1. The van der Waals surface area contributed by atoms with E-state index in [1.807, 2.05) is 19.9 Å². The van der Waals surface area contributed by atoms with Gasteiger partial charge >= 0.3 is 0 Å². The van der Waals surface area contributed by atoms with Gasteiger partial charge in [0.1, 0.15) is 11.8 Å². The molecule has 1 amide bonds. The Hall–Kier alpha value is -1.89. The molecule has 0 bridgehead atoms. The molecule has 0 N–H and O–H groups in total. The normalized spacial score (nSPS) is 9.40. The van der Waals surface area contributed by atoms with E-state index in [2.05, 4.69) is 4.98 Å². The van der Waals surface area contributed by atoms with E-state index < -0.39 is 0 Å². The van der Waals surface area contributed by atoms with E-state index in [1.54, 1.807) is 17.0 Å².